The molecular weight excluding hydrogens is 417 g/mol. The van der Waals surface area contributed by atoms with E-state index in [1.165, 1.54) is 12.1 Å². The van der Waals surface area contributed by atoms with Crippen molar-refractivity contribution in [1.82, 2.24) is 4.90 Å². The van der Waals surface area contributed by atoms with E-state index in [9.17, 15) is 14.0 Å². The summed E-state index contributed by atoms with van der Waals surface area (Å²) in [5.74, 6) is -0.846. The molecule has 1 aliphatic heterocycles. The van der Waals surface area contributed by atoms with E-state index in [0.717, 1.165) is 32.8 Å². The number of hydrogen-bond acceptors (Lipinski definition) is 3. The van der Waals surface area contributed by atoms with Crippen LogP contribution >= 0.6 is 39.3 Å². The summed E-state index contributed by atoms with van der Waals surface area (Å²) in [4.78, 5) is 26.0. The predicted molar refractivity (Wildman–Crippen MR) is 97.1 cm³/mol. The number of rotatable bonds is 3. The molecule has 122 valence electrons. The van der Waals surface area contributed by atoms with E-state index in [1.807, 2.05) is 24.3 Å². The lowest BCUT2D eigenvalue weighted by molar-refractivity contribution is -0.123. The number of carbonyl (C=O) groups is 2. The van der Waals surface area contributed by atoms with Crippen LogP contribution in [0, 0.1) is 5.82 Å². The molecule has 7 heteroatoms. The first-order valence-corrected chi connectivity index (χ1v) is 8.87. The van der Waals surface area contributed by atoms with Crippen LogP contribution in [0.15, 0.2) is 51.8 Å². The summed E-state index contributed by atoms with van der Waals surface area (Å²) in [5, 5.41) is -0.185. The lowest BCUT2D eigenvalue weighted by Gasteiger charge is -2.13. The molecule has 3 rings (SSSR count). The molecule has 1 aliphatic rings. The Balaban J connectivity index is 1.82. The highest BCUT2D eigenvalue weighted by Gasteiger charge is 2.35. The largest absolute Gasteiger partial charge is 0.293 e. The first kappa shape index (κ1) is 17.2. The highest BCUT2D eigenvalue weighted by Crippen LogP contribution is 2.34. The van der Waals surface area contributed by atoms with Gasteiger partial charge in [0.2, 0.25) is 0 Å². The monoisotopic (exact) mass is 425 g/mol. The van der Waals surface area contributed by atoms with Crippen molar-refractivity contribution in [2.24, 2.45) is 0 Å². The van der Waals surface area contributed by atoms with Crippen LogP contribution in [0.4, 0.5) is 9.18 Å². The first-order chi connectivity index (χ1) is 11.4. The second-order valence-corrected chi connectivity index (χ2v) is 7.37. The fourth-order valence-corrected chi connectivity index (χ4v) is 3.50. The quantitative estimate of drug-likeness (QED) is 0.610. The van der Waals surface area contributed by atoms with Crippen LogP contribution in [0.1, 0.15) is 11.1 Å². The van der Waals surface area contributed by atoms with Crippen LogP contribution in [0.2, 0.25) is 5.02 Å². The number of hydrogen-bond donors (Lipinski definition) is 0. The maximum Gasteiger partial charge on any atom is 0.293 e. The van der Waals surface area contributed by atoms with Gasteiger partial charge in [-0.1, -0.05) is 45.7 Å². The maximum atomic E-state index is 13.1. The Labute approximate surface area is 155 Å². The summed E-state index contributed by atoms with van der Waals surface area (Å²) in [6.45, 7) is 0.0153. The second-order valence-electron chi connectivity index (χ2n) is 5.06. The van der Waals surface area contributed by atoms with E-state index in [1.54, 1.807) is 6.08 Å². The van der Waals surface area contributed by atoms with Crippen molar-refractivity contribution in [2.75, 3.05) is 0 Å². The van der Waals surface area contributed by atoms with Crippen LogP contribution in [0.25, 0.3) is 6.08 Å². The van der Waals surface area contributed by atoms with Gasteiger partial charge in [-0.3, -0.25) is 14.5 Å². The van der Waals surface area contributed by atoms with Gasteiger partial charge in [0.15, 0.2) is 0 Å². The Morgan fingerprint density at radius 2 is 1.88 bits per heavy atom. The van der Waals surface area contributed by atoms with E-state index in [-0.39, 0.29) is 22.7 Å². The Kier molecular flexibility index (Phi) is 5.08. The molecule has 0 aliphatic carbocycles. The normalized spacial score (nSPS) is 16.3. The Morgan fingerprint density at radius 1 is 1.17 bits per heavy atom. The zero-order chi connectivity index (χ0) is 17.3. The van der Waals surface area contributed by atoms with Gasteiger partial charge in [-0.2, -0.15) is 0 Å². The topological polar surface area (TPSA) is 37.4 Å². The fraction of sp³-hybridized carbons (Fsp3) is 0.0588. The lowest BCUT2D eigenvalue weighted by Crippen LogP contribution is -2.27. The van der Waals surface area contributed by atoms with Crippen molar-refractivity contribution in [3.05, 3.63) is 73.8 Å². The molecule has 1 fully saturated rings. The van der Waals surface area contributed by atoms with Gasteiger partial charge in [0.05, 0.1) is 11.4 Å². The molecular formula is C17H10BrClFNO2S. The van der Waals surface area contributed by atoms with Gasteiger partial charge in [0.25, 0.3) is 11.1 Å². The molecule has 24 heavy (non-hydrogen) atoms. The Bertz CT molecular complexity index is 854. The van der Waals surface area contributed by atoms with Gasteiger partial charge < -0.3 is 0 Å². The van der Waals surface area contributed by atoms with Crippen LogP contribution in [-0.2, 0) is 11.3 Å². The number of halogens is 3. The summed E-state index contributed by atoms with van der Waals surface area (Å²) in [5.41, 5.74) is 1.34. The molecule has 0 saturated carbocycles. The molecule has 0 aromatic heterocycles. The Hall–Kier alpha value is -1.63. The summed E-state index contributed by atoms with van der Waals surface area (Å²) in [6, 6.07) is 11.3. The molecule has 0 bridgehead atoms. The highest BCUT2D eigenvalue weighted by molar-refractivity contribution is 9.10. The van der Waals surface area contributed by atoms with Crippen LogP contribution < -0.4 is 0 Å². The minimum absolute atomic E-state index is 0.0153. The molecule has 2 aromatic rings. The smallest absolute Gasteiger partial charge is 0.268 e. The third-order valence-electron chi connectivity index (χ3n) is 3.38. The minimum atomic E-state index is -0.465. The molecule has 2 amide bonds. The number of carbonyl (C=O) groups excluding carboxylic acids is 2. The molecule has 2 aromatic carbocycles. The van der Waals surface area contributed by atoms with Gasteiger partial charge in [0.1, 0.15) is 5.82 Å². The number of thioether (sulfide) groups is 1. The van der Waals surface area contributed by atoms with Crippen LogP contribution in [-0.4, -0.2) is 16.0 Å². The average Bonchev–Trinajstić information content (AvgIpc) is 2.79. The number of amides is 2. The number of benzene rings is 2. The van der Waals surface area contributed by atoms with Gasteiger partial charge in [0, 0.05) is 9.50 Å². The highest BCUT2D eigenvalue weighted by atomic mass is 79.9. The van der Waals surface area contributed by atoms with Gasteiger partial charge in [-0.25, -0.2) is 4.39 Å². The third kappa shape index (κ3) is 3.71. The summed E-state index contributed by atoms with van der Waals surface area (Å²) in [6.07, 6.45) is 1.67. The molecule has 0 unspecified atom stereocenters. The van der Waals surface area contributed by atoms with Gasteiger partial charge in [-0.05, 0) is 53.2 Å². The minimum Gasteiger partial charge on any atom is -0.268 e. The Morgan fingerprint density at radius 3 is 2.54 bits per heavy atom. The summed E-state index contributed by atoms with van der Waals surface area (Å²) >= 11 is 10.2. The lowest BCUT2D eigenvalue weighted by atomic mass is 10.2. The molecule has 1 saturated heterocycles. The zero-order valence-corrected chi connectivity index (χ0v) is 15.3. The van der Waals surface area contributed by atoms with Crippen molar-refractivity contribution in [1.29, 1.82) is 0 Å². The van der Waals surface area contributed by atoms with Crippen molar-refractivity contribution in [2.45, 2.75) is 6.54 Å². The van der Waals surface area contributed by atoms with E-state index in [4.69, 9.17) is 11.6 Å². The molecule has 3 nitrogen and oxygen atoms in total. The predicted octanol–water partition coefficient (Wildman–Crippen LogP) is 5.48. The van der Waals surface area contributed by atoms with Crippen LogP contribution in [0.3, 0.4) is 0 Å². The van der Waals surface area contributed by atoms with Gasteiger partial charge in [-0.15, -0.1) is 0 Å². The van der Waals surface area contributed by atoms with E-state index in [0.29, 0.717) is 10.5 Å². The standard InChI is InChI=1S/C17H10BrClFNO2S/c18-12-4-1-10(2-5-12)7-15-16(22)21(17(23)24-15)9-11-3-6-13(20)8-14(11)19/h1-8H,9H2/b15-7-. The number of nitrogens with zero attached hydrogens (tertiary/aromatic N) is 1. The zero-order valence-electron chi connectivity index (χ0n) is 12.1. The third-order valence-corrected chi connectivity index (χ3v) is 5.17. The van der Waals surface area contributed by atoms with Crippen molar-refractivity contribution in [3.63, 3.8) is 0 Å². The van der Waals surface area contributed by atoms with E-state index in [2.05, 4.69) is 15.9 Å². The average molecular weight is 427 g/mol. The molecule has 0 N–H and O–H groups in total. The van der Waals surface area contributed by atoms with Crippen LogP contribution in [0.5, 0.6) is 0 Å². The number of imide groups is 1. The van der Waals surface area contributed by atoms with Crippen molar-refractivity contribution >= 4 is 56.5 Å². The SMILES string of the molecule is O=C1S/C(=C\c2ccc(Br)cc2)C(=O)N1Cc1ccc(F)cc1Cl. The van der Waals surface area contributed by atoms with Crippen molar-refractivity contribution < 1.29 is 14.0 Å². The molecule has 0 radical (unpaired) electrons. The van der Waals surface area contributed by atoms with E-state index < -0.39 is 5.82 Å². The summed E-state index contributed by atoms with van der Waals surface area (Å²) < 4.78 is 14.0. The second kappa shape index (κ2) is 7.09. The molecule has 0 spiro atoms. The maximum absolute atomic E-state index is 13.1. The van der Waals surface area contributed by atoms with Gasteiger partial charge >= 0.3 is 0 Å². The summed E-state index contributed by atoms with van der Waals surface area (Å²) in [7, 11) is 0. The van der Waals surface area contributed by atoms with E-state index >= 15 is 0 Å². The first-order valence-electron chi connectivity index (χ1n) is 6.89. The fourth-order valence-electron chi connectivity index (χ4n) is 2.17. The molecule has 0 atom stereocenters. The molecule has 1 heterocycles. The van der Waals surface area contributed by atoms with Crippen molar-refractivity contribution in [3.8, 4) is 0 Å².